The molecule has 0 unspecified atom stereocenters. The number of carbonyl (C=O) groups excluding carboxylic acids is 1. The minimum absolute atomic E-state index is 0.0331. The molecule has 0 saturated carbocycles. The van der Waals surface area contributed by atoms with Crippen molar-refractivity contribution in [3.63, 3.8) is 0 Å². The van der Waals surface area contributed by atoms with Crippen LogP contribution in [0.2, 0.25) is 0 Å². The highest BCUT2D eigenvalue weighted by atomic mass is 16.2. The summed E-state index contributed by atoms with van der Waals surface area (Å²) in [7, 11) is 0. The Balaban J connectivity index is 2.58. The number of nitrogen functional groups attached to an aromatic ring is 2. The predicted octanol–water partition coefficient (Wildman–Crippen LogP) is 3.17. The van der Waals surface area contributed by atoms with Crippen LogP contribution in [-0.4, -0.2) is 27.9 Å². The number of nitrogens with two attached hydrogens (primary N) is 2. The number of pyridine rings is 1. The molecule has 4 N–H and O–H groups in total. The number of aromatic nitrogens is 1. The fourth-order valence-electron chi connectivity index (χ4n) is 2.78. The molecule has 2 aromatic rings. The van der Waals surface area contributed by atoms with E-state index in [1.54, 1.807) is 18.2 Å². The third-order valence-electron chi connectivity index (χ3n) is 3.71. The van der Waals surface area contributed by atoms with Gasteiger partial charge in [0.25, 0.3) is 5.91 Å². The highest BCUT2D eigenvalue weighted by Gasteiger charge is 2.24. The smallest absolute Gasteiger partial charge is 0.255 e. The maximum Gasteiger partial charge on any atom is 0.255 e. The summed E-state index contributed by atoms with van der Waals surface area (Å²) < 4.78 is 0. The topological polar surface area (TPSA) is 85.2 Å². The Morgan fingerprint density at radius 1 is 1.00 bits per heavy atom. The molecule has 0 atom stereocenters. The van der Waals surface area contributed by atoms with Gasteiger partial charge >= 0.3 is 0 Å². The van der Waals surface area contributed by atoms with Crippen LogP contribution in [0, 0.1) is 0 Å². The first-order valence-corrected chi connectivity index (χ1v) is 7.77. The first kappa shape index (κ1) is 16.8. The van der Waals surface area contributed by atoms with E-state index < -0.39 is 0 Å². The van der Waals surface area contributed by atoms with Crippen LogP contribution in [0.15, 0.2) is 36.4 Å². The SMILES string of the molecule is CC(C)N(C(=O)c1ccccc1-c1nc(N)ccc1N)C(C)C. The van der Waals surface area contributed by atoms with Gasteiger partial charge in [-0.1, -0.05) is 18.2 Å². The zero-order valence-corrected chi connectivity index (χ0v) is 14.1. The molecule has 0 radical (unpaired) electrons. The van der Waals surface area contributed by atoms with Crippen LogP contribution in [0.3, 0.4) is 0 Å². The zero-order valence-electron chi connectivity index (χ0n) is 14.1. The lowest BCUT2D eigenvalue weighted by molar-refractivity contribution is 0.0644. The number of hydrogen-bond donors (Lipinski definition) is 2. The van der Waals surface area contributed by atoms with Crippen LogP contribution in [0.25, 0.3) is 11.3 Å². The average Bonchev–Trinajstić information content (AvgIpc) is 2.49. The molecule has 1 aromatic carbocycles. The summed E-state index contributed by atoms with van der Waals surface area (Å²) in [5.74, 6) is 0.343. The predicted molar refractivity (Wildman–Crippen MR) is 94.9 cm³/mol. The second-order valence-corrected chi connectivity index (χ2v) is 6.12. The molecule has 0 bridgehead atoms. The van der Waals surface area contributed by atoms with Crippen LogP contribution in [0.1, 0.15) is 38.1 Å². The van der Waals surface area contributed by atoms with E-state index in [0.29, 0.717) is 28.3 Å². The minimum Gasteiger partial charge on any atom is -0.397 e. The fraction of sp³-hybridized carbons (Fsp3) is 0.333. The van der Waals surface area contributed by atoms with Crippen LogP contribution in [0.4, 0.5) is 11.5 Å². The lowest BCUT2D eigenvalue weighted by Gasteiger charge is -2.31. The standard InChI is InChI=1S/C18H24N4O/c1-11(2)22(12(3)4)18(23)14-8-6-5-7-13(14)17-15(19)9-10-16(20)21-17/h5-12H,19H2,1-4H3,(H2,20,21). The molecule has 1 aromatic heterocycles. The molecular weight excluding hydrogens is 288 g/mol. The molecule has 0 aliphatic heterocycles. The van der Waals surface area contributed by atoms with Gasteiger partial charge in [0, 0.05) is 23.2 Å². The second kappa shape index (κ2) is 6.69. The van der Waals surface area contributed by atoms with Gasteiger partial charge in [-0.25, -0.2) is 4.98 Å². The summed E-state index contributed by atoms with van der Waals surface area (Å²) in [4.78, 5) is 19.2. The molecule has 1 amide bonds. The van der Waals surface area contributed by atoms with E-state index in [9.17, 15) is 4.79 Å². The average molecular weight is 312 g/mol. The second-order valence-electron chi connectivity index (χ2n) is 6.12. The molecule has 0 saturated heterocycles. The Labute approximate surface area is 137 Å². The van der Waals surface area contributed by atoms with Crippen LogP contribution in [-0.2, 0) is 0 Å². The minimum atomic E-state index is -0.0331. The maximum atomic E-state index is 13.0. The van der Waals surface area contributed by atoms with E-state index in [4.69, 9.17) is 11.5 Å². The number of rotatable bonds is 4. The van der Waals surface area contributed by atoms with Crippen molar-refractivity contribution in [2.75, 3.05) is 11.5 Å². The first-order valence-electron chi connectivity index (χ1n) is 7.77. The van der Waals surface area contributed by atoms with Crippen LogP contribution >= 0.6 is 0 Å². The van der Waals surface area contributed by atoms with Crippen molar-refractivity contribution >= 4 is 17.4 Å². The molecule has 122 valence electrons. The van der Waals surface area contributed by atoms with Gasteiger partial charge in [0.15, 0.2) is 0 Å². The Bertz CT molecular complexity index is 702. The molecule has 0 spiro atoms. The van der Waals surface area contributed by atoms with Crippen molar-refractivity contribution in [1.82, 2.24) is 9.88 Å². The molecule has 0 aliphatic rings. The van der Waals surface area contributed by atoms with E-state index in [0.717, 1.165) is 0 Å². The molecule has 1 heterocycles. The van der Waals surface area contributed by atoms with Gasteiger partial charge in [-0.05, 0) is 45.9 Å². The number of amides is 1. The monoisotopic (exact) mass is 312 g/mol. The van der Waals surface area contributed by atoms with Gasteiger partial charge in [-0.3, -0.25) is 4.79 Å². The molecular formula is C18H24N4O. The van der Waals surface area contributed by atoms with Gasteiger partial charge in [-0.15, -0.1) is 0 Å². The summed E-state index contributed by atoms with van der Waals surface area (Å²) in [5.41, 5.74) is 14.2. The van der Waals surface area contributed by atoms with Gasteiger partial charge in [0.2, 0.25) is 0 Å². The summed E-state index contributed by atoms with van der Waals surface area (Å²) >= 11 is 0. The van der Waals surface area contributed by atoms with Crippen molar-refractivity contribution in [2.24, 2.45) is 0 Å². The van der Waals surface area contributed by atoms with Crippen LogP contribution < -0.4 is 11.5 Å². The number of benzene rings is 1. The third-order valence-corrected chi connectivity index (χ3v) is 3.71. The van der Waals surface area contributed by atoms with Gasteiger partial charge in [-0.2, -0.15) is 0 Å². The lowest BCUT2D eigenvalue weighted by atomic mass is 10.0. The van der Waals surface area contributed by atoms with Gasteiger partial charge in [0.05, 0.1) is 11.4 Å². The summed E-state index contributed by atoms with van der Waals surface area (Å²) in [6.07, 6.45) is 0. The Morgan fingerprint density at radius 2 is 1.61 bits per heavy atom. The van der Waals surface area contributed by atoms with E-state index in [1.165, 1.54) is 0 Å². The number of nitrogens with zero attached hydrogens (tertiary/aromatic N) is 2. The van der Waals surface area contributed by atoms with Crippen molar-refractivity contribution in [3.8, 4) is 11.3 Å². The van der Waals surface area contributed by atoms with Crippen molar-refractivity contribution < 1.29 is 4.79 Å². The summed E-state index contributed by atoms with van der Waals surface area (Å²) in [6, 6.07) is 10.9. The number of anilines is 2. The molecule has 5 nitrogen and oxygen atoms in total. The number of carbonyl (C=O) groups is 1. The first-order chi connectivity index (χ1) is 10.8. The van der Waals surface area contributed by atoms with Gasteiger partial charge < -0.3 is 16.4 Å². The van der Waals surface area contributed by atoms with E-state index in [-0.39, 0.29) is 18.0 Å². The van der Waals surface area contributed by atoms with Crippen molar-refractivity contribution in [3.05, 3.63) is 42.0 Å². The maximum absolute atomic E-state index is 13.0. The third kappa shape index (κ3) is 3.44. The Kier molecular flexibility index (Phi) is 4.89. The fourth-order valence-corrected chi connectivity index (χ4v) is 2.78. The summed E-state index contributed by atoms with van der Waals surface area (Å²) in [6.45, 7) is 8.03. The normalized spacial score (nSPS) is 11.0. The lowest BCUT2D eigenvalue weighted by Crippen LogP contribution is -2.42. The van der Waals surface area contributed by atoms with E-state index in [1.807, 2.05) is 50.8 Å². The van der Waals surface area contributed by atoms with Crippen molar-refractivity contribution in [1.29, 1.82) is 0 Å². The Hall–Kier alpha value is -2.56. The highest BCUT2D eigenvalue weighted by molar-refractivity contribution is 6.02. The quantitative estimate of drug-likeness (QED) is 0.908. The molecule has 23 heavy (non-hydrogen) atoms. The molecule has 0 fully saturated rings. The van der Waals surface area contributed by atoms with E-state index >= 15 is 0 Å². The van der Waals surface area contributed by atoms with Crippen molar-refractivity contribution in [2.45, 2.75) is 39.8 Å². The molecule has 5 heteroatoms. The molecule has 2 rings (SSSR count). The van der Waals surface area contributed by atoms with Crippen LogP contribution in [0.5, 0.6) is 0 Å². The Morgan fingerprint density at radius 3 is 2.22 bits per heavy atom. The van der Waals surface area contributed by atoms with E-state index in [2.05, 4.69) is 4.98 Å². The van der Waals surface area contributed by atoms with Gasteiger partial charge in [0.1, 0.15) is 5.82 Å². The molecule has 0 aliphatic carbocycles. The zero-order chi connectivity index (χ0) is 17.1. The summed E-state index contributed by atoms with van der Waals surface area (Å²) in [5, 5.41) is 0. The highest BCUT2D eigenvalue weighted by Crippen LogP contribution is 2.29. The number of hydrogen-bond acceptors (Lipinski definition) is 4. The largest absolute Gasteiger partial charge is 0.397 e.